The zero-order valence-electron chi connectivity index (χ0n) is 29.3. The van der Waals surface area contributed by atoms with Crippen molar-refractivity contribution in [2.24, 2.45) is 0 Å². The highest BCUT2D eigenvalue weighted by Crippen LogP contribution is 2.42. The summed E-state index contributed by atoms with van der Waals surface area (Å²) in [6, 6.07) is 14.6. The Morgan fingerprint density at radius 3 is 2.47 bits per heavy atom. The van der Waals surface area contributed by atoms with Gasteiger partial charge >= 0.3 is 24.2 Å². The Morgan fingerprint density at radius 2 is 1.78 bits per heavy atom. The van der Waals surface area contributed by atoms with E-state index in [2.05, 4.69) is 5.32 Å². The van der Waals surface area contributed by atoms with E-state index in [1.807, 2.05) is 25.1 Å². The van der Waals surface area contributed by atoms with E-state index < -0.39 is 47.0 Å². The second-order valence-electron chi connectivity index (χ2n) is 13.4. The molecule has 1 N–H and O–H groups in total. The lowest BCUT2D eigenvalue weighted by Crippen LogP contribution is -2.50. The van der Waals surface area contributed by atoms with Gasteiger partial charge in [-0.25, -0.2) is 24.2 Å². The van der Waals surface area contributed by atoms with Gasteiger partial charge in [0, 0.05) is 16.5 Å². The molecule has 2 aromatic heterocycles. The fourth-order valence-corrected chi connectivity index (χ4v) is 6.39. The number of aryl methyl sites for hydroxylation is 1. The van der Waals surface area contributed by atoms with Gasteiger partial charge < -0.3 is 33.6 Å². The largest absolute Gasteiger partial charge is 0.514 e. The number of carbonyl (C=O) groups excluding carboxylic acids is 4. The van der Waals surface area contributed by atoms with Crippen LogP contribution < -0.4 is 15.6 Å². The lowest BCUT2D eigenvalue weighted by molar-refractivity contribution is -0.190. The molecule has 1 amide bonds. The van der Waals surface area contributed by atoms with Gasteiger partial charge in [-0.3, -0.25) is 4.79 Å². The van der Waals surface area contributed by atoms with Crippen molar-refractivity contribution in [3.05, 3.63) is 92.8 Å². The van der Waals surface area contributed by atoms with Gasteiger partial charge in [0.2, 0.25) is 5.60 Å². The van der Waals surface area contributed by atoms with Crippen LogP contribution in [0.1, 0.15) is 75.8 Å². The number of pyridine rings is 2. The number of hydrogen-bond donors (Lipinski definition) is 1. The highest BCUT2D eigenvalue weighted by Gasteiger charge is 2.51. The number of ether oxygens (including phenoxy) is 5. The van der Waals surface area contributed by atoms with Crippen LogP contribution in [0.3, 0.4) is 0 Å². The number of fused-ring (bicyclic) bond motifs is 5. The third-order valence-corrected chi connectivity index (χ3v) is 8.86. The normalized spacial score (nSPS) is 16.6. The minimum absolute atomic E-state index is 0.00629. The van der Waals surface area contributed by atoms with Crippen molar-refractivity contribution in [2.75, 3.05) is 0 Å². The van der Waals surface area contributed by atoms with Crippen LogP contribution in [0.2, 0.25) is 0 Å². The van der Waals surface area contributed by atoms with E-state index in [1.54, 1.807) is 68.7 Å². The highest BCUT2D eigenvalue weighted by molar-refractivity contribution is 5.91. The Hall–Kier alpha value is -5.72. The van der Waals surface area contributed by atoms with Gasteiger partial charge in [-0.2, -0.15) is 0 Å². The van der Waals surface area contributed by atoms with Gasteiger partial charge in [0.1, 0.15) is 30.6 Å². The first-order valence-corrected chi connectivity index (χ1v) is 16.8. The van der Waals surface area contributed by atoms with Crippen LogP contribution in [-0.2, 0) is 60.3 Å². The molecular weight excluding hydrogens is 658 g/mol. The summed E-state index contributed by atoms with van der Waals surface area (Å²) in [5.41, 5.74) is 1.39. The molecule has 266 valence electrons. The summed E-state index contributed by atoms with van der Waals surface area (Å²) >= 11 is 0. The fourth-order valence-electron chi connectivity index (χ4n) is 6.39. The Bertz CT molecular complexity index is 2120. The second-order valence-corrected chi connectivity index (χ2v) is 13.4. The van der Waals surface area contributed by atoms with Gasteiger partial charge in [0.25, 0.3) is 5.56 Å². The maximum absolute atomic E-state index is 14.1. The number of cyclic esters (lactones) is 1. The summed E-state index contributed by atoms with van der Waals surface area (Å²) in [7, 11) is 0. The first kappa shape index (κ1) is 35.1. The molecule has 13 heteroatoms. The number of nitrogens with one attached hydrogen (secondary N) is 1. The Morgan fingerprint density at radius 1 is 1.04 bits per heavy atom. The van der Waals surface area contributed by atoms with E-state index in [0.717, 1.165) is 22.1 Å². The number of esters is 2. The van der Waals surface area contributed by atoms with Crippen molar-refractivity contribution in [2.45, 2.75) is 91.4 Å². The van der Waals surface area contributed by atoms with Crippen LogP contribution in [0.15, 0.2) is 59.4 Å². The van der Waals surface area contributed by atoms with E-state index in [4.69, 9.17) is 28.7 Å². The first-order chi connectivity index (χ1) is 24.2. The second kappa shape index (κ2) is 13.5. The number of hydrogen-bond acceptors (Lipinski definition) is 11. The average molecular weight is 698 g/mol. The summed E-state index contributed by atoms with van der Waals surface area (Å²) in [6.07, 6.45) is -1.14. The molecule has 4 heterocycles. The van der Waals surface area contributed by atoms with E-state index in [9.17, 15) is 24.0 Å². The van der Waals surface area contributed by atoms with Crippen molar-refractivity contribution in [3.63, 3.8) is 0 Å². The summed E-state index contributed by atoms with van der Waals surface area (Å²) in [4.78, 5) is 70.7. The maximum atomic E-state index is 14.1. The van der Waals surface area contributed by atoms with Crippen molar-refractivity contribution in [3.8, 4) is 17.1 Å². The fraction of sp³-hybridized carbons (Fsp3) is 0.368. The predicted molar refractivity (Wildman–Crippen MR) is 184 cm³/mol. The molecule has 13 nitrogen and oxygen atoms in total. The third kappa shape index (κ3) is 6.75. The molecule has 51 heavy (non-hydrogen) atoms. The molecule has 6 rings (SSSR count). The Kier molecular flexibility index (Phi) is 9.32. The van der Waals surface area contributed by atoms with Crippen molar-refractivity contribution >= 4 is 35.1 Å². The molecule has 4 aromatic rings. The lowest BCUT2D eigenvalue weighted by Gasteiger charge is -2.36. The van der Waals surface area contributed by atoms with Gasteiger partial charge in [0.15, 0.2) is 0 Å². The molecule has 0 radical (unpaired) electrons. The maximum Gasteiger partial charge on any atom is 0.514 e. The number of amides is 1. The third-order valence-electron chi connectivity index (χ3n) is 8.86. The van der Waals surface area contributed by atoms with E-state index in [-0.39, 0.29) is 43.1 Å². The zero-order valence-corrected chi connectivity index (χ0v) is 29.3. The quantitative estimate of drug-likeness (QED) is 0.118. The molecule has 0 bridgehead atoms. The Balaban J connectivity index is 1.31. The van der Waals surface area contributed by atoms with Gasteiger partial charge in [-0.05, 0) is 75.9 Å². The van der Waals surface area contributed by atoms with Crippen LogP contribution in [0, 0.1) is 0 Å². The van der Waals surface area contributed by atoms with Gasteiger partial charge in [0.05, 0.1) is 29.0 Å². The average Bonchev–Trinajstić information content (AvgIpc) is 3.45. The Labute approximate surface area is 293 Å². The number of aromatic nitrogens is 2. The van der Waals surface area contributed by atoms with Crippen LogP contribution in [0.5, 0.6) is 5.75 Å². The van der Waals surface area contributed by atoms with Crippen LogP contribution in [0.4, 0.5) is 9.59 Å². The number of rotatable bonds is 8. The predicted octanol–water partition coefficient (Wildman–Crippen LogP) is 5.82. The molecule has 1 unspecified atom stereocenters. The molecule has 0 spiro atoms. The van der Waals surface area contributed by atoms with E-state index in [1.165, 1.54) is 6.92 Å². The summed E-state index contributed by atoms with van der Waals surface area (Å²) < 4.78 is 28.9. The lowest BCUT2D eigenvalue weighted by atomic mass is 9.85. The standard InChI is InChI=1S/C38H39N3O10/c1-7-24-25-16-23(49-36(46)51-37(4,5)6)14-15-29(25)40-31-26(24)18-41-30(31)17-28-27(32(41)42)20-47-34(44)38(28,8-2)50-33(43)21(3)39-35(45)48-19-22-12-10-9-11-13-22/h9-17,21H,7-8,18-20H2,1-6H3,(H,39,45)/t21?,38-/m0/s1. The molecule has 0 saturated heterocycles. The van der Waals surface area contributed by atoms with Crippen LogP contribution in [-0.4, -0.2) is 45.4 Å². The summed E-state index contributed by atoms with van der Waals surface area (Å²) in [5.74, 6) is -1.46. The van der Waals surface area contributed by atoms with Crippen molar-refractivity contribution in [1.29, 1.82) is 0 Å². The minimum atomic E-state index is -1.95. The molecular formula is C38H39N3O10. The molecule has 2 aliphatic heterocycles. The van der Waals surface area contributed by atoms with Crippen molar-refractivity contribution < 1.29 is 42.9 Å². The molecule has 2 aliphatic rings. The van der Waals surface area contributed by atoms with Gasteiger partial charge in [-0.15, -0.1) is 0 Å². The first-order valence-electron chi connectivity index (χ1n) is 16.8. The molecule has 0 fully saturated rings. The van der Waals surface area contributed by atoms with Crippen molar-refractivity contribution in [1.82, 2.24) is 14.9 Å². The van der Waals surface area contributed by atoms with Crippen LogP contribution in [0.25, 0.3) is 22.3 Å². The zero-order chi connectivity index (χ0) is 36.7. The molecule has 0 aliphatic carbocycles. The van der Waals surface area contributed by atoms with E-state index in [0.29, 0.717) is 23.3 Å². The summed E-state index contributed by atoms with van der Waals surface area (Å²) in [6.45, 7) is 10.2. The smallest absolute Gasteiger partial charge is 0.457 e. The highest BCUT2D eigenvalue weighted by atomic mass is 16.7. The van der Waals surface area contributed by atoms with E-state index >= 15 is 0 Å². The molecule has 0 saturated carbocycles. The number of benzene rings is 2. The molecule has 2 aromatic carbocycles. The topological polar surface area (TPSA) is 161 Å². The number of nitrogens with zero attached hydrogens (tertiary/aromatic N) is 2. The van der Waals surface area contributed by atoms with Gasteiger partial charge in [-0.1, -0.05) is 44.2 Å². The minimum Gasteiger partial charge on any atom is -0.457 e. The monoisotopic (exact) mass is 697 g/mol. The molecule has 2 atom stereocenters. The number of carbonyl (C=O) groups is 4. The summed E-state index contributed by atoms with van der Waals surface area (Å²) in [5, 5.41) is 3.19. The van der Waals surface area contributed by atoms with Crippen LogP contribution >= 0.6 is 0 Å². The number of alkyl carbamates (subject to hydrolysis) is 1. The SMILES string of the molecule is CCc1c2c(nc3ccc(OC(=O)OC(C)(C)C)cc13)-c1cc3c(c(=O)n1C2)COC(=O)[C@@]3(CC)OC(=O)C(C)NC(=O)OCc1ccccc1.